The summed E-state index contributed by atoms with van der Waals surface area (Å²) < 4.78 is 0. The van der Waals surface area contributed by atoms with E-state index >= 15 is 0 Å². The zero-order chi connectivity index (χ0) is 12.0. The van der Waals surface area contributed by atoms with Gasteiger partial charge in [-0.15, -0.1) is 0 Å². The number of hydrogen-bond acceptors (Lipinski definition) is 2. The maximum Gasteiger partial charge on any atom is 0.0480 e. The molecule has 0 aliphatic heterocycles. The molecule has 1 unspecified atom stereocenters. The predicted molar refractivity (Wildman–Crippen MR) is 72.2 cm³/mol. The first kappa shape index (κ1) is 13.1. The van der Waals surface area contributed by atoms with Crippen molar-refractivity contribution in [2.24, 2.45) is 0 Å². The lowest BCUT2D eigenvalue weighted by Gasteiger charge is -2.20. The number of nitrogens with one attached hydrogen (secondary N) is 2. The van der Waals surface area contributed by atoms with Crippen LogP contribution in [0, 0.1) is 0 Å². The summed E-state index contributed by atoms with van der Waals surface area (Å²) in [6.07, 6.45) is 1.02. The maximum absolute atomic E-state index is 5.84. The smallest absolute Gasteiger partial charge is 0.0480 e. The van der Waals surface area contributed by atoms with Gasteiger partial charge in [0.15, 0.2) is 0 Å². The summed E-state index contributed by atoms with van der Waals surface area (Å²) >= 11 is 5.84. The lowest BCUT2D eigenvalue weighted by atomic mass is 10.1. The summed E-state index contributed by atoms with van der Waals surface area (Å²) in [5.41, 5.74) is 2.22. The Hall–Kier alpha value is -0.990. The molecule has 1 aromatic carbocycles. The first-order chi connectivity index (χ1) is 7.63. The molecule has 1 atom stereocenters. The van der Waals surface area contributed by atoms with Crippen LogP contribution in [0.1, 0.15) is 13.3 Å². The highest BCUT2D eigenvalue weighted by atomic mass is 35.5. The predicted octanol–water partition coefficient (Wildman–Crippen LogP) is 3.31. The van der Waals surface area contributed by atoms with E-state index in [0.29, 0.717) is 6.04 Å². The molecule has 0 radical (unpaired) electrons. The van der Waals surface area contributed by atoms with Crippen LogP contribution >= 0.6 is 11.6 Å². The van der Waals surface area contributed by atoms with Gasteiger partial charge in [-0.1, -0.05) is 23.8 Å². The average molecular weight is 239 g/mol. The zero-order valence-electron chi connectivity index (χ0n) is 9.89. The first-order valence-corrected chi connectivity index (χ1v) is 5.83. The fourth-order valence-corrected chi connectivity index (χ4v) is 1.60. The van der Waals surface area contributed by atoms with Crippen LogP contribution in [0.4, 0.5) is 5.69 Å². The lowest BCUT2D eigenvalue weighted by molar-refractivity contribution is 0.672. The Morgan fingerprint density at radius 3 is 2.50 bits per heavy atom. The fourth-order valence-electron chi connectivity index (χ4n) is 1.48. The molecule has 1 aromatic rings. The van der Waals surface area contributed by atoms with Crippen molar-refractivity contribution in [3.8, 4) is 0 Å². The average Bonchev–Trinajstić information content (AvgIpc) is 2.26. The normalized spacial score (nSPS) is 12.2. The van der Waals surface area contributed by atoms with Crippen molar-refractivity contribution in [2.45, 2.75) is 19.4 Å². The molecule has 0 spiro atoms. The van der Waals surface area contributed by atoms with E-state index in [1.807, 2.05) is 38.2 Å². The van der Waals surface area contributed by atoms with Gasteiger partial charge < -0.3 is 10.6 Å². The Labute approximate surface area is 103 Å². The molecule has 0 heterocycles. The van der Waals surface area contributed by atoms with Crippen molar-refractivity contribution in [1.82, 2.24) is 5.32 Å². The third kappa shape index (κ3) is 4.25. The highest BCUT2D eigenvalue weighted by Gasteiger charge is 2.08. The summed E-state index contributed by atoms with van der Waals surface area (Å²) in [7, 11) is 1.96. The topological polar surface area (TPSA) is 24.1 Å². The third-order valence-electron chi connectivity index (χ3n) is 2.46. The zero-order valence-corrected chi connectivity index (χ0v) is 10.6. The second-order valence-electron chi connectivity index (χ2n) is 3.94. The largest absolute Gasteiger partial charge is 0.379 e. The van der Waals surface area contributed by atoms with Crippen molar-refractivity contribution < 1.29 is 0 Å². The van der Waals surface area contributed by atoms with Crippen molar-refractivity contribution in [3.63, 3.8) is 0 Å². The molecule has 0 saturated carbocycles. The summed E-state index contributed by atoms with van der Waals surface area (Å²) in [6, 6.07) is 8.04. The van der Waals surface area contributed by atoms with E-state index in [1.54, 1.807) is 0 Å². The van der Waals surface area contributed by atoms with Gasteiger partial charge in [-0.3, -0.25) is 0 Å². The number of halogens is 1. The van der Waals surface area contributed by atoms with Crippen LogP contribution in [0.3, 0.4) is 0 Å². The first-order valence-electron chi connectivity index (χ1n) is 5.45. The molecule has 0 aliphatic carbocycles. The molecule has 3 heteroatoms. The van der Waals surface area contributed by atoms with Gasteiger partial charge in [-0.2, -0.15) is 0 Å². The monoisotopic (exact) mass is 238 g/mol. The Bertz CT molecular complexity index is 332. The van der Waals surface area contributed by atoms with Gasteiger partial charge in [-0.05, 0) is 51.2 Å². The highest BCUT2D eigenvalue weighted by molar-refractivity contribution is 6.30. The molecule has 0 aliphatic rings. The van der Waals surface area contributed by atoms with Gasteiger partial charge in [0.2, 0.25) is 0 Å². The molecule has 2 nitrogen and oxygen atoms in total. The molecule has 1 rings (SSSR count). The Balaban J connectivity index is 2.60. The van der Waals surface area contributed by atoms with Crippen LogP contribution in [0.25, 0.3) is 0 Å². The van der Waals surface area contributed by atoms with E-state index < -0.39 is 0 Å². The minimum absolute atomic E-state index is 0.300. The molecular formula is C13H19ClN2. The van der Waals surface area contributed by atoms with Gasteiger partial charge in [-0.25, -0.2) is 0 Å². The summed E-state index contributed by atoms with van der Waals surface area (Å²) in [5.74, 6) is 0. The van der Waals surface area contributed by atoms with Gasteiger partial charge in [0.05, 0.1) is 0 Å². The molecular weight excluding hydrogens is 220 g/mol. The molecule has 0 aromatic heterocycles. The summed E-state index contributed by atoms with van der Waals surface area (Å²) in [4.78, 5) is 0. The minimum atomic E-state index is 0.300. The second kappa shape index (κ2) is 6.56. The quantitative estimate of drug-likeness (QED) is 0.743. The molecule has 16 heavy (non-hydrogen) atoms. The minimum Gasteiger partial charge on any atom is -0.379 e. The second-order valence-corrected chi connectivity index (χ2v) is 4.38. The number of anilines is 1. The van der Waals surface area contributed by atoms with Crippen LogP contribution in [-0.2, 0) is 0 Å². The number of benzene rings is 1. The highest BCUT2D eigenvalue weighted by Crippen LogP contribution is 2.17. The van der Waals surface area contributed by atoms with Crippen molar-refractivity contribution in [2.75, 3.05) is 18.9 Å². The summed E-state index contributed by atoms with van der Waals surface area (Å²) in [5, 5.41) is 7.35. The SMILES string of the molecule is C=C(C)C(CCNC)Nc1ccc(Cl)cc1. The van der Waals surface area contributed by atoms with Gasteiger partial charge in [0.25, 0.3) is 0 Å². The Morgan fingerprint density at radius 2 is 2.00 bits per heavy atom. The van der Waals surface area contributed by atoms with Crippen molar-refractivity contribution in [3.05, 3.63) is 41.4 Å². The molecule has 2 N–H and O–H groups in total. The van der Waals surface area contributed by atoms with Crippen LogP contribution in [0.2, 0.25) is 5.02 Å². The van der Waals surface area contributed by atoms with E-state index in [2.05, 4.69) is 17.2 Å². The van der Waals surface area contributed by atoms with Crippen LogP contribution in [-0.4, -0.2) is 19.6 Å². The van der Waals surface area contributed by atoms with Crippen LogP contribution < -0.4 is 10.6 Å². The Morgan fingerprint density at radius 1 is 1.38 bits per heavy atom. The standard InChI is InChI=1S/C13H19ClN2/c1-10(2)13(8-9-15-3)16-12-6-4-11(14)5-7-12/h4-7,13,15-16H,1,8-9H2,2-3H3. The van der Waals surface area contributed by atoms with E-state index in [9.17, 15) is 0 Å². The molecule has 0 saturated heterocycles. The van der Waals surface area contributed by atoms with E-state index in [0.717, 1.165) is 29.2 Å². The molecule has 0 amide bonds. The fraction of sp³-hybridized carbons (Fsp3) is 0.385. The van der Waals surface area contributed by atoms with Crippen molar-refractivity contribution in [1.29, 1.82) is 0 Å². The van der Waals surface area contributed by atoms with Crippen LogP contribution in [0.5, 0.6) is 0 Å². The van der Waals surface area contributed by atoms with Gasteiger partial charge in [0, 0.05) is 16.8 Å². The van der Waals surface area contributed by atoms with Gasteiger partial charge >= 0.3 is 0 Å². The lowest BCUT2D eigenvalue weighted by Crippen LogP contribution is -2.25. The van der Waals surface area contributed by atoms with Crippen molar-refractivity contribution >= 4 is 17.3 Å². The molecule has 88 valence electrons. The third-order valence-corrected chi connectivity index (χ3v) is 2.71. The molecule has 0 fully saturated rings. The summed E-state index contributed by atoms with van der Waals surface area (Å²) in [6.45, 7) is 7.02. The van der Waals surface area contributed by atoms with E-state index in [1.165, 1.54) is 0 Å². The Kier molecular flexibility index (Phi) is 5.36. The maximum atomic E-state index is 5.84. The number of rotatable bonds is 6. The van der Waals surface area contributed by atoms with E-state index in [-0.39, 0.29) is 0 Å². The van der Waals surface area contributed by atoms with Crippen LogP contribution in [0.15, 0.2) is 36.4 Å². The van der Waals surface area contributed by atoms with Gasteiger partial charge in [0.1, 0.15) is 0 Å². The molecule has 0 bridgehead atoms. The van der Waals surface area contributed by atoms with E-state index in [4.69, 9.17) is 11.6 Å². The number of hydrogen-bond donors (Lipinski definition) is 2.